The zero-order chi connectivity index (χ0) is 19.9. The molecule has 0 aliphatic carbocycles. The van der Waals surface area contributed by atoms with Crippen molar-refractivity contribution in [2.75, 3.05) is 11.9 Å². The second-order valence-corrected chi connectivity index (χ2v) is 7.13. The van der Waals surface area contributed by atoms with Crippen LogP contribution in [0.4, 0.5) is 5.69 Å². The number of aryl methyl sites for hydroxylation is 1. The first-order valence-corrected chi connectivity index (χ1v) is 10.00. The van der Waals surface area contributed by atoms with E-state index in [1.165, 1.54) is 11.3 Å². The topological polar surface area (TPSA) is 95.1 Å². The van der Waals surface area contributed by atoms with Crippen LogP contribution in [0.15, 0.2) is 65.0 Å². The van der Waals surface area contributed by atoms with Crippen molar-refractivity contribution in [3.8, 4) is 16.5 Å². The molecule has 0 atom stereocenters. The number of hydrogen-bond acceptors (Lipinski definition) is 7. The van der Waals surface area contributed by atoms with Crippen LogP contribution in [0.5, 0.6) is 5.75 Å². The number of thiophene rings is 1. The van der Waals surface area contributed by atoms with E-state index in [-0.39, 0.29) is 12.3 Å². The molecule has 0 spiro atoms. The van der Waals surface area contributed by atoms with E-state index in [0.29, 0.717) is 42.7 Å². The molecule has 3 heterocycles. The first-order valence-electron chi connectivity index (χ1n) is 9.12. The summed E-state index contributed by atoms with van der Waals surface area (Å²) in [6.07, 6.45) is 5.93. The first kappa shape index (κ1) is 18.9. The molecule has 4 aromatic rings. The minimum absolute atomic E-state index is 0.147. The van der Waals surface area contributed by atoms with Gasteiger partial charge in [0.05, 0.1) is 23.4 Å². The molecular formula is C20H19N5O3S. The maximum absolute atomic E-state index is 12.4. The highest BCUT2D eigenvalue weighted by Crippen LogP contribution is 2.24. The van der Waals surface area contributed by atoms with E-state index in [2.05, 4.69) is 20.4 Å². The first-order chi connectivity index (χ1) is 14.3. The van der Waals surface area contributed by atoms with Crippen LogP contribution >= 0.6 is 11.3 Å². The molecule has 0 radical (unpaired) electrons. The van der Waals surface area contributed by atoms with Crippen LogP contribution in [-0.4, -0.2) is 32.2 Å². The van der Waals surface area contributed by atoms with Gasteiger partial charge in [0.15, 0.2) is 0 Å². The predicted molar refractivity (Wildman–Crippen MR) is 109 cm³/mol. The van der Waals surface area contributed by atoms with Crippen molar-refractivity contribution in [1.29, 1.82) is 0 Å². The number of nitrogens with one attached hydrogen (secondary N) is 1. The van der Waals surface area contributed by atoms with Crippen LogP contribution in [0.2, 0.25) is 0 Å². The molecular weight excluding hydrogens is 390 g/mol. The SMILES string of the molecule is O=C(CCc1nc(-c2cccs2)no1)Nc1ccccc1OCCn1ccnc1. The molecule has 0 aliphatic heterocycles. The van der Waals surface area contributed by atoms with Gasteiger partial charge in [0, 0.05) is 25.2 Å². The average Bonchev–Trinajstić information content (AvgIpc) is 3.49. The lowest BCUT2D eigenvalue weighted by molar-refractivity contribution is -0.116. The molecule has 4 rings (SSSR count). The Kier molecular flexibility index (Phi) is 5.96. The number of nitrogens with zero attached hydrogens (tertiary/aromatic N) is 4. The Hall–Kier alpha value is -3.46. The third-order valence-corrected chi connectivity index (χ3v) is 4.97. The summed E-state index contributed by atoms with van der Waals surface area (Å²) in [5.41, 5.74) is 0.632. The van der Waals surface area contributed by atoms with E-state index in [1.807, 2.05) is 52.5 Å². The Bertz CT molecular complexity index is 1040. The molecule has 0 saturated heterocycles. The number of rotatable bonds is 9. The highest BCUT2D eigenvalue weighted by molar-refractivity contribution is 7.13. The van der Waals surface area contributed by atoms with Crippen molar-refractivity contribution >= 4 is 22.9 Å². The molecule has 0 fully saturated rings. The minimum atomic E-state index is -0.147. The van der Waals surface area contributed by atoms with E-state index < -0.39 is 0 Å². The summed E-state index contributed by atoms with van der Waals surface area (Å²) in [6.45, 7) is 1.14. The molecule has 0 saturated carbocycles. The molecule has 3 aromatic heterocycles. The quantitative estimate of drug-likeness (QED) is 0.453. The fourth-order valence-corrected chi connectivity index (χ4v) is 3.32. The Morgan fingerprint density at radius 2 is 2.17 bits per heavy atom. The Balaban J connectivity index is 1.29. The number of carbonyl (C=O) groups is 1. The molecule has 1 N–H and O–H groups in total. The van der Waals surface area contributed by atoms with Crippen LogP contribution in [0.1, 0.15) is 12.3 Å². The van der Waals surface area contributed by atoms with Gasteiger partial charge < -0.3 is 19.1 Å². The van der Waals surface area contributed by atoms with Gasteiger partial charge in [-0.3, -0.25) is 4.79 Å². The number of hydrogen-bond donors (Lipinski definition) is 1. The fourth-order valence-electron chi connectivity index (χ4n) is 2.67. The molecule has 0 aliphatic rings. The van der Waals surface area contributed by atoms with Gasteiger partial charge in [-0.25, -0.2) is 4.98 Å². The summed E-state index contributed by atoms with van der Waals surface area (Å²) >= 11 is 1.54. The number of aromatic nitrogens is 4. The van der Waals surface area contributed by atoms with E-state index >= 15 is 0 Å². The van der Waals surface area contributed by atoms with E-state index in [1.54, 1.807) is 12.5 Å². The number of ether oxygens (including phenoxy) is 1. The van der Waals surface area contributed by atoms with Crippen molar-refractivity contribution in [2.45, 2.75) is 19.4 Å². The zero-order valence-corrected chi connectivity index (χ0v) is 16.3. The second-order valence-electron chi connectivity index (χ2n) is 6.18. The third kappa shape index (κ3) is 5.08. The van der Waals surface area contributed by atoms with Gasteiger partial charge in [0.1, 0.15) is 12.4 Å². The lowest BCUT2D eigenvalue weighted by atomic mass is 10.2. The Morgan fingerprint density at radius 1 is 1.24 bits per heavy atom. The summed E-state index contributed by atoms with van der Waals surface area (Å²) < 4.78 is 13.0. The summed E-state index contributed by atoms with van der Waals surface area (Å²) in [7, 11) is 0. The minimum Gasteiger partial charge on any atom is -0.490 e. The largest absolute Gasteiger partial charge is 0.490 e. The summed E-state index contributed by atoms with van der Waals surface area (Å²) in [4.78, 5) is 21.6. The van der Waals surface area contributed by atoms with Crippen molar-refractivity contribution in [1.82, 2.24) is 19.7 Å². The molecule has 8 nitrogen and oxygen atoms in total. The van der Waals surface area contributed by atoms with Gasteiger partial charge in [0.25, 0.3) is 0 Å². The van der Waals surface area contributed by atoms with Crippen molar-refractivity contribution < 1.29 is 14.1 Å². The number of carbonyl (C=O) groups excluding carboxylic acids is 1. The molecule has 1 amide bonds. The van der Waals surface area contributed by atoms with Crippen LogP contribution in [0.25, 0.3) is 10.7 Å². The van der Waals surface area contributed by atoms with E-state index in [9.17, 15) is 4.79 Å². The van der Waals surface area contributed by atoms with Crippen LogP contribution in [0.3, 0.4) is 0 Å². The predicted octanol–water partition coefficient (Wildman–Crippen LogP) is 3.64. The molecule has 1 aromatic carbocycles. The summed E-state index contributed by atoms with van der Waals surface area (Å²) in [6, 6.07) is 11.2. The van der Waals surface area contributed by atoms with E-state index in [4.69, 9.17) is 9.26 Å². The average molecular weight is 409 g/mol. The monoisotopic (exact) mass is 409 g/mol. The molecule has 9 heteroatoms. The van der Waals surface area contributed by atoms with Crippen LogP contribution in [-0.2, 0) is 17.8 Å². The summed E-state index contributed by atoms with van der Waals surface area (Å²) in [5, 5.41) is 8.80. The van der Waals surface area contributed by atoms with Gasteiger partial charge in [-0.2, -0.15) is 4.98 Å². The lowest BCUT2D eigenvalue weighted by Gasteiger charge is -2.12. The van der Waals surface area contributed by atoms with E-state index in [0.717, 1.165) is 4.88 Å². The molecule has 148 valence electrons. The third-order valence-electron chi connectivity index (χ3n) is 4.10. The van der Waals surface area contributed by atoms with Gasteiger partial charge >= 0.3 is 0 Å². The Morgan fingerprint density at radius 3 is 3.00 bits per heavy atom. The fraction of sp³-hybridized carbons (Fsp3) is 0.200. The number of amides is 1. The van der Waals surface area contributed by atoms with Crippen molar-refractivity contribution in [2.24, 2.45) is 0 Å². The summed E-state index contributed by atoms with van der Waals surface area (Å²) in [5.74, 6) is 1.46. The maximum Gasteiger partial charge on any atom is 0.227 e. The van der Waals surface area contributed by atoms with Gasteiger partial charge in [-0.1, -0.05) is 23.4 Å². The number of para-hydroxylation sites is 2. The van der Waals surface area contributed by atoms with Gasteiger partial charge in [-0.05, 0) is 23.6 Å². The molecule has 29 heavy (non-hydrogen) atoms. The smallest absolute Gasteiger partial charge is 0.227 e. The molecule has 0 bridgehead atoms. The van der Waals surface area contributed by atoms with Gasteiger partial charge in [-0.15, -0.1) is 11.3 Å². The maximum atomic E-state index is 12.4. The second kappa shape index (κ2) is 9.16. The number of imidazole rings is 1. The highest BCUT2D eigenvalue weighted by atomic mass is 32.1. The molecule has 0 unspecified atom stereocenters. The Labute approximate surface area is 171 Å². The van der Waals surface area contributed by atoms with Crippen molar-refractivity contribution in [3.63, 3.8) is 0 Å². The number of anilines is 1. The van der Waals surface area contributed by atoms with Crippen LogP contribution in [0, 0.1) is 0 Å². The van der Waals surface area contributed by atoms with Crippen molar-refractivity contribution in [3.05, 3.63) is 66.4 Å². The van der Waals surface area contributed by atoms with Crippen LogP contribution < -0.4 is 10.1 Å². The zero-order valence-electron chi connectivity index (χ0n) is 15.5. The normalized spacial score (nSPS) is 10.8. The van der Waals surface area contributed by atoms with Gasteiger partial charge in [0.2, 0.25) is 17.6 Å². The lowest BCUT2D eigenvalue weighted by Crippen LogP contribution is -2.14. The standard InChI is InChI=1S/C20H19N5O3S/c26-18(7-8-19-23-20(24-28-19)17-6-3-13-29-17)22-15-4-1-2-5-16(15)27-12-11-25-10-9-21-14-25/h1-6,9-10,13-14H,7-8,11-12H2,(H,22,26). The number of benzene rings is 1. The highest BCUT2D eigenvalue weighted by Gasteiger charge is 2.12.